The molecule has 0 radical (unpaired) electrons. The zero-order valence-electron chi connectivity index (χ0n) is 9.94. The van der Waals surface area contributed by atoms with Crippen molar-refractivity contribution in [2.45, 2.75) is 13.8 Å². The predicted molar refractivity (Wildman–Crippen MR) is 64.8 cm³/mol. The van der Waals surface area contributed by atoms with Gasteiger partial charge in [0, 0.05) is 11.1 Å². The Morgan fingerprint density at radius 3 is 2.65 bits per heavy atom. The van der Waals surface area contributed by atoms with Gasteiger partial charge in [-0.2, -0.15) is 0 Å². The van der Waals surface area contributed by atoms with Crippen LogP contribution in [0.3, 0.4) is 0 Å². The van der Waals surface area contributed by atoms with Crippen molar-refractivity contribution < 1.29 is 9.53 Å². The number of pyridine rings is 2. The fourth-order valence-electron chi connectivity index (χ4n) is 1.76. The summed E-state index contributed by atoms with van der Waals surface area (Å²) in [6.07, 6.45) is 0. The average Bonchev–Trinajstić information content (AvgIpc) is 2.27. The summed E-state index contributed by atoms with van der Waals surface area (Å²) in [5.74, 6) is -0.348. The first-order valence-corrected chi connectivity index (χ1v) is 5.15. The molecule has 2 heterocycles. The van der Waals surface area contributed by atoms with E-state index in [9.17, 15) is 4.79 Å². The number of nitrogens with two attached hydrogens (primary N) is 1. The van der Waals surface area contributed by atoms with Crippen LogP contribution in [0.1, 0.15) is 21.6 Å². The van der Waals surface area contributed by atoms with Crippen molar-refractivity contribution in [2.24, 2.45) is 0 Å². The number of ether oxygens (including phenoxy) is 1. The molecule has 0 aliphatic carbocycles. The molecule has 0 aliphatic rings. The Hall–Kier alpha value is -2.17. The van der Waals surface area contributed by atoms with E-state index in [-0.39, 0.29) is 11.4 Å². The molecule has 0 saturated heterocycles. The number of hydrogen-bond donors (Lipinski definition) is 1. The zero-order valence-corrected chi connectivity index (χ0v) is 9.94. The highest BCUT2D eigenvalue weighted by atomic mass is 16.5. The van der Waals surface area contributed by atoms with Gasteiger partial charge in [-0.25, -0.2) is 14.8 Å². The molecule has 2 rings (SSSR count). The number of nitrogen functional groups attached to an aromatic ring is 1. The van der Waals surface area contributed by atoms with Gasteiger partial charge < -0.3 is 10.5 Å². The molecule has 88 valence electrons. The number of nitrogens with zero attached hydrogens (tertiary/aromatic N) is 2. The highest BCUT2D eigenvalue weighted by Gasteiger charge is 2.14. The van der Waals surface area contributed by atoms with Crippen LogP contribution in [-0.4, -0.2) is 23.0 Å². The summed E-state index contributed by atoms with van der Waals surface area (Å²) in [4.78, 5) is 19.9. The van der Waals surface area contributed by atoms with Crippen LogP contribution in [-0.2, 0) is 4.74 Å². The molecule has 0 unspecified atom stereocenters. The topological polar surface area (TPSA) is 78.1 Å². The molecule has 2 aromatic rings. The molecule has 5 nitrogen and oxygen atoms in total. The number of carbonyl (C=O) groups excluding carboxylic acids is 1. The van der Waals surface area contributed by atoms with Gasteiger partial charge in [0.2, 0.25) is 0 Å². The molecule has 2 aromatic heterocycles. The first-order valence-electron chi connectivity index (χ1n) is 5.15. The average molecular weight is 231 g/mol. The highest BCUT2D eigenvalue weighted by Crippen LogP contribution is 2.21. The third-order valence-corrected chi connectivity index (χ3v) is 2.57. The van der Waals surface area contributed by atoms with Crippen molar-refractivity contribution in [1.82, 2.24) is 9.97 Å². The lowest BCUT2D eigenvalue weighted by Crippen LogP contribution is -2.08. The lowest BCUT2D eigenvalue weighted by atomic mass is 10.1. The summed E-state index contributed by atoms with van der Waals surface area (Å²) >= 11 is 0. The summed E-state index contributed by atoms with van der Waals surface area (Å²) in [7, 11) is 1.31. The van der Waals surface area contributed by atoms with Crippen molar-refractivity contribution in [1.29, 1.82) is 0 Å². The van der Waals surface area contributed by atoms with Crippen LogP contribution in [0, 0.1) is 13.8 Å². The molecule has 0 amide bonds. The zero-order chi connectivity index (χ0) is 12.6. The van der Waals surface area contributed by atoms with E-state index in [0.29, 0.717) is 5.65 Å². The van der Waals surface area contributed by atoms with Gasteiger partial charge in [-0.05, 0) is 31.5 Å². The largest absolute Gasteiger partial charge is 0.465 e. The molecule has 0 bridgehead atoms. The van der Waals surface area contributed by atoms with Crippen LogP contribution < -0.4 is 5.73 Å². The second-order valence-electron chi connectivity index (χ2n) is 3.86. The van der Waals surface area contributed by atoms with Gasteiger partial charge in [0.25, 0.3) is 0 Å². The summed E-state index contributed by atoms with van der Waals surface area (Å²) in [5, 5.41) is 0.810. The number of aryl methyl sites for hydroxylation is 2. The minimum atomic E-state index is -0.489. The number of rotatable bonds is 1. The third-order valence-electron chi connectivity index (χ3n) is 2.57. The fourth-order valence-corrected chi connectivity index (χ4v) is 1.76. The number of fused-ring (bicyclic) bond motifs is 1. The Labute approximate surface area is 98.6 Å². The van der Waals surface area contributed by atoms with E-state index in [1.807, 2.05) is 19.9 Å². The number of esters is 1. The molecule has 0 saturated carbocycles. The van der Waals surface area contributed by atoms with Crippen LogP contribution in [0.4, 0.5) is 5.82 Å². The van der Waals surface area contributed by atoms with Crippen LogP contribution >= 0.6 is 0 Å². The monoisotopic (exact) mass is 231 g/mol. The standard InChI is InChI=1S/C12H13N3O2/c1-6-4-7(2)14-11-8(6)5-9(10(13)15-11)12(16)17-3/h4-5H,1-3H3,(H2,13,14,15). The summed E-state index contributed by atoms with van der Waals surface area (Å²) in [6.45, 7) is 3.83. The van der Waals surface area contributed by atoms with Gasteiger partial charge in [0.05, 0.1) is 7.11 Å². The molecular weight excluding hydrogens is 218 g/mol. The van der Waals surface area contributed by atoms with E-state index in [1.54, 1.807) is 6.07 Å². The van der Waals surface area contributed by atoms with E-state index < -0.39 is 5.97 Å². The molecule has 2 N–H and O–H groups in total. The van der Waals surface area contributed by atoms with Crippen molar-refractivity contribution in [2.75, 3.05) is 12.8 Å². The summed E-state index contributed by atoms with van der Waals surface area (Å²) in [6, 6.07) is 3.60. The smallest absolute Gasteiger partial charge is 0.341 e. The van der Waals surface area contributed by atoms with Gasteiger partial charge in [-0.1, -0.05) is 0 Å². The van der Waals surface area contributed by atoms with E-state index >= 15 is 0 Å². The van der Waals surface area contributed by atoms with E-state index in [2.05, 4.69) is 14.7 Å². The SMILES string of the molecule is COC(=O)c1cc2c(C)cc(C)nc2nc1N. The van der Waals surface area contributed by atoms with E-state index in [0.717, 1.165) is 16.6 Å². The molecule has 0 atom stereocenters. The van der Waals surface area contributed by atoms with Crippen LogP contribution in [0.5, 0.6) is 0 Å². The molecule has 0 aliphatic heterocycles. The third kappa shape index (κ3) is 1.91. The van der Waals surface area contributed by atoms with Gasteiger partial charge >= 0.3 is 5.97 Å². The van der Waals surface area contributed by atoms with Gasteiger partial charge in [0.15, 0.2) is 5.65 Å². The Morgan fingerprint density at radius 1 is 1.29 bits per heavy atom. The van der Waals surface area contributed by atoms with Crippen LogP contribution in [0.15, 0.2) is 12.1 Å². The second-order valence-corrected chi connectivity index (χ2v) is 3.86. The van der Waals surface area contributed by atoms with Crippen molar-refractivity contribution in [3.05, 3.63) is 29.0 Å². The number of anilines is 1. The van der Waals surface area contributed by atoms with Crippen LogP contribution in [0.25, 0.3) is 11.0 Å². The van der Waals surface area contributed by atoms with Crippen molar-refractivity contribution in [3.63, 3.8) is 0 Å². The normalized spacial score (nSPS) is 10.5. The van der Waals surface area contributed by atoms with Gasteiger partial charge in [-0.3, -0.25) is 0 Å². The van der Waals surface area contributed by atoms with Crippen molar-refractivity contribution >= 4 is 22.8 Å². The fraction of sp³-hybridized carbons (Fsp3) is 0.250. The molecule has 17 heavy (non-hydrogen) atoms. The summed E-state index contributed by atoms with van der Waals surface area (Å²) in [5.41, 5.74) is 8.41. The Morgan fingerprint density at radius 2 is 2.00 bits per heavy atom. The van der Waals surface area contributed by atoms with E-state index in [1.165, 1.54) is 7.11 Å². The van der Waals surface area contributed by atoms with E-state index in [4.69, 9.17) is 5.73 Å². The number of carbonyl (C=O) groups is 1. The highest BCUT2D eigenvalue weighted by molar-refractivity contribution is 5.98. The molecule has 0 aromatic carbocycles. The number of aromatic nitrogens is 2. The minimum absolute atomic E-state index is 0.141. The molecule has 0 fully saturated rings. The predicted octanol–water partition coefficient (Wildman–Crippen LogP) is 1.62. The lowest BCUT2D eigenvalue weighted by molar-refractivity contribution is 0.0602. The Kier molecular flexibility index (Phi) is 2.67. The van der Waals surface area contributed by atoms with Gasteiger partial charge in [-0.15, -0.1) is 0 Å². The molecule has 0 spiro atoms. The lowest BCUT2D eigenvalue weighted by Gasteiger charge is -2.07. The molecule has 5 heteroatoms. The molecular formula is C12H13N3O2. The summed E-state index contributed by atoms with van der Waals surface area (Å²) < 4.78 is 4.65. The number of hydrogen-bond acceptors (Lipinski definition) is 5. The van der Waals surface area contributed by atoms with Crippen molar-refractivity contribution in [3.8, 4) is 0 Å². The maximum absolute atomic E-state index is 11.5. The Bertz CT molecular complexity index is 608. The first-order chi connectivity index (χ1) is 8.02. The maximum Gasteiger partial charge on any atom is 0.341 e. The second kappa shape index (κ2) is 4.01. The number of methoxy groups -OCH3 is 1. The van der Waals surface area contributed by atoms with Crippen LogP contribution in [0.2, 0.25) is 0 Å². The maximum atomic E-state index is 11.5. The quantitative estimate of drug-likeness (QED) is 0.754. The van der Waals surface area contributed by atoms with Gasteiger partial charge in [0.1, 0.15) is 11.4 Å². The minimum Gasteiger partial charge on any atom is -0.465 e. The first kappa shape index (κ1) is 11.3. The Balaban J connectivity index is 2.76.